The standard InChI is InChI=1S/C18H27NO4/c1-21-17-7-2-3-8-18(17)23-12-10-19-9-11-22-13-15(19)14-5-4-6-16(14)20/h2-3,7-8,14-16,20H,4-6,9-13H2,1H3/t14-,15-,16+/m1/s1. The second kappa shape index (κ2) is 7.99. The van der Waals surface area contributed by atoms with Crippen LogP contribution in [0.4, 0.5) is 0 Å². The fourth-order valence-corrected chi connectivity index (χ4v) is 3.76. The lowest BCUT2D eigenvalue weighted by atomic mass is 9.94. The van der Waals surface area contributed by atoms with Crippen molar-refractivity contribution in [2.45, 2.75) is 31.4 Å². The van der Waals surface area contributed by atoms with E-state index in [1.807, 2.05) is 24.3 Å². The number of benzene rings is 1. The molecule has 1 heterocycles. The van der Waals surface area contributed by atoms with Crippen LogP contribution in [0.3, 0.4) is 0 Å². The Morgan fingerprint density at radius 3 is 2.83 bits per heavy atom. The third-order valence-electron chi connectivity index (χ3n) is 5.01. The lowest BCUT2D eigenvalue weighted by molar-refractivity contribution is -0.0532. The number of morpholine rings is 1. The number of nitrogens with zero attached hydrogens (tertiary/aromatic N) is 1. The van der Waals surface area contributed by atoms with Crippen molar-refractivity contribution in [3.63, 3.8) is 0 Å². The summed E-state index contributed by atoms with van der Waals surface area (Å²) < 4.78 is 16.9. The predicted octanol–water partition coefficient (Wildman–Crippen LogP) is 1.94. The number of hydrogen-bond acceptors (Lipinski definition) is 5. The van der Waals surface area contributed by atoms with Crippen LogP contribution in [0.5, 0.6) is 11.5 Å². The Morgan fingerprint density at radius 2 is 2.09 bits per heavy atom. The molecule has 1 aromatic rings. The maximum absolute atomic E-state index is 10.2. The predicted molar refractivity (Wildman–Crippen MR) is 88.0 cm³/mol. The third-order valence-corrected chi connectivity index (χ3v) is 5.01. The molecule has 2 aliphatic rings. The summed E-state index contributed by atoms with van der Waals surface area (Å²) in [7, 11) is 1.65. The molecule has 128 valence electrons. The Hall–Kier alpha value is -1.30. The van der Waals surface area contributed by atoms with Crippen LogP contribution in [0.15, 0.2) is 24.3 Å². The van der Waals surface area contributed by atoms with Gasteiger partial charge in [-0.3, -0.25) is 4.90 Å². The highest BCUT2D eigenvalue weighted by Crippen LogP contribution is 2.32. The zero-order chi connectivity index (χ0) is 16.1. The summed E-state index contributed by atoms with van der Waals surface area (Å²) in [5.74, 6) is 1.87. The molecule has 1 saturated heterocycles. The average Bonchev–Trinajstić information content (AvgIpc) is 3.01. The molecule has 3 rings (SSSR count). The van der Waals surface area contributed by atoms with Gasteiger partial charge in [0.25, 0.3) is 0 Å². The number of rotatable bonds is 6. The monoisotopic (exact) mass is 321 g/mol. The molecule has 0 bridgehead atoms. The molecule has 0 amide bonds. The molecular formula is C18H27NO4. The van der Waals surface area contributed by atoms with Gasteiger partial charge in [-0.15, -0.1) is 0 Å². The molecule has 2 fully saturated rings. The van der Waals surface area contributed by atoms with Gasteiger partial charge in [0.05, 0.1) is 26.4 Å². The Balaban J connectivity index is 1.55. The third kappa shape index (κ3) is 3.97. The Morgan fingerprint density at radius 1 is 1.26 bits per heavy atom. The highest BCUT2D eigenvalue weighted by Gasteiger charge is 2.37. The Kier molecular flexibility index (Phi) is 5.75. The van der Waals surface area contributed by atoms with Gasteiger partial charge >= 0.3 is 0 Å². The first-order valence-corrected chi connectivity index (χ1v) is 8.55. The van der Waals surface area contributed by atoms with Crippen molar-refractivity contribution in [1.82, 2.24) is 4.90 Å². The van der Waals surface area contributed by atoms with Crippen molar-refractivity contribution in [2.24, 2.45) is 5.92 Å². The van der Waals surface area contributed by atoms with Gasteiger partial charge in [0.15, 0.2) is 11.5 Å². The number of aliphatic hydroxyl groups is 1. The van der Waals surface area contributed by atoms with Crippen molar-refractivity contribution < 1.29 is 19.3 Å². The molecule has 1 N–H and O–H groups in total. The van der Waals surface area contributed by atoms with E-state index in [0.717, 1.165) is 57.1 Å². The van der Waals surface area contributed by atoms with Crippen LogP contribution in [0.1, 0.15) is 19.3 Å². The first kappa shape index (κ1) is 16.6. The largest absolute Gasteiger partial charge is 0.493 e. The van der Waals surface area contributed by atoms with Gasteiger partial charge < -0.3 is 19.3 Å². The molecule has 3 atom stereocenters. The van der Waals surface area contributed by atoms with Crippen LogP contribution in [-0.4, -0.2) is 62.2 Å². The van der Waals surface area contributed by atoms with Gasteiger partial charge in [-0.25, -0.2) is 0 Å². The summed E-state index contributed by atoms with van der Waals surface area (Å²) in [4.78, 5) is 2.41. The van der Waals surface area contributed by atoms with Gasteiger partial charge in [0.1, 0.15) is 6.61 Å². The second-order valence-corrected chi connectivity index (χ2v) is 6.34. The number of hydrogen-bond donors (Lipinski definition) is 1. The SMILES string of the molecule is COc1ccccc1OCCN1CCOC[C@@H]1[C@H]1CCC[C@@H]1O. The lowest BCUT2D eigenvalue weighted by Gasteiger charge is -2.40. The zero-order valence-electron chi connectivity index (χ0n) is 13.8. The van der Waals surface area contributed by atoms with Gasteiger partial charge in [-0.05, 0) is 25.0 Å². The number of ether oxygens (including phenoxy) is 3. The van der Waals surface area contributed by atoms with E-state index in [0.29, 0.717) is 18.6 Å². The number of methoxy groups -OCH3 is 1. The van der Waals surface area contributed by atoms with Crippen LogP contribution < -0.4 is 9.47 Å². The quantitative estimate of drug-likeness (QED) is 0.868. The minimum absolute atomic E-state index is 0.181. The summed E-state index contributed by atoms with van der Waals surface area (Å²) in [6, 6.07) is 8.02. The van der Waals surface area contributed by atoms with Gasteiger partial charge in [-0.2, -0.15) is 0 Å². The number of aliphatic hydroxyl groups excluding tert-OH is 1. The molecule has 5 heteroatoms. The molecule has 5 nitrogen and oxygen atoms in total. The summed E-state index contributed by atoms with van der Waals surface area (Å²) in [6.07, 6.45) is 2.96. The molecule has 0 radical (unpaired) electrons. The molecule has 0 unspecified atom stereocenters. The maximum atomic E-state index is 10.2. The summed E-state index contributed by atoms with van der Waals surface area (Å²) in [5.41, 5.74) is 0. The second-order valence-electron chi connectivity index (χ2n) is 6.34. The van der Waals surface area contributed by atoms with Crippen LogP contribution >= 0.6 is 0 Å². The van der Waals surface area contributed by atoms with Gasteiger partial charge in [0, 0.05) is 25.0 Å². The fraction of sp³-hybridized carbons (Fsp3) is 0.667. The first-order chi connectivity index (χ1) is 11.3. The molecule has 1 aliphatic carbocycles. The Bertz CT molecular complexity index is 496. The highest BCUT2D eigenvalue weighted by atomic mass is 16.5. The fourth-order valence-electron chi connectivity index (χ4n) is 3.76. The van der Waals surface area contributed by atoms with Crippen LogP contribution in [0, 0.1) is 5.92 Å². The molecule has 23 heavy (non-hydrogen) atoms. The van der Waals surface area contributed by atoms with E-state index >= 15 is 0 Å². The lowest BCUT2D eigenvalue weighted by Crippen LogP contribution is -2.52. The average molecular weight is 321 g/mol. The van der Waals surface area contributed by atoms with E-state index in [9.17, 15) is 5.11 Å². The minimum Gasteiger partial charge on any atom is -0.493 e. The van der Waals surface area contributed by atoms with E-state index in [4.69, 9.17) is 14.2 Å². The van der Waals surface area contributed by atoms with Crippen molar-refractivity contribution >= 4 is 0 Å². The van der Waals surface area contributed by atoms with E-state index < -0.39 is 0 Å². The Labute approximate surface area is 138 Å². The minimum atomic E-state index is -0.181. The van der Waals surface area contributed by atoms with E-state index in [1.54, 1.807) is 7.11 Å². The molecular weight excluding hydrogens is 294 g/mol. The molecule has 0 aromatic heterocycles. The summed E-state index contributed by atoms with van der Waals surface area (Å²) >= 11 is 0. The maximum Gasteiger partial charge on any atom is 0.161 e. The van der Waals surface area contributed by atoms with Crippen molar-refractivity contribution in [3.05, 3.63) is 24.3 Å². The van der Waals surface area contributed by atoms with E-state index in [2.05, 4.69) is 4.90 Å². The molecule has 1 aliphatic heterocycles. The van der Waals surface area contributed by atoms with Crippen LogP contribution in [0.25, 0.3) is 0 Å². The smallest absolute Gasteiger partial charge is 0.161 e. The summed E-state index contributed by atoms with van der Waals surface area (Å²) in [6.45, 7) is 3.84. The van der Waals surface area contributed by atoms with Gasteiger partial charge in [0.2, 0.25) is 0 Å². The van der Waals surface area contributed by atoms with Gasteiger partial charge in [-0.1, -0.05) is 18.6 Å². The normalized spacial score (nSPS) is 28.7. The first-order valence-electron chi connectivity index (χ1n) is 8.55. The molecule has 1 saturated carbocycles. The van der Waals surface area contributed by atoms with Crippen LogP contribution in [-0.2, 0) is 4.74 Å². The van der Waals surface area contributed by atoms with E-state index in [1.165, 1.54) is 0 Å². The molecule has 0 spiro atoms. The molecule has 1 aromatic carbocycles. The van der Waals surface area contributed by atoms with Crippen LogP contribution in [0.2, 0.25) is 0 Å². The number of para-hydroxylation sites is 2. The van der Waals surface area contributed by atoms with Crippen molar-refractivity contribution in [2.75, 3.05) is 40.0 Å². The van der Waals surface area contributed by atoms with E-state index in [-0.39, 0.29) is 6.10 Å². The zero-order valence-corrected chi connectivity index (χ0v) is 13.8. The van der Waals surface area contributed by atoms with Crippen molar-refractivity contribution in [3.8, 4) is 11.5 Å². The summed E-state index contributed by atoms with van der Waals surface area (Å²) in [5, 5.41) is 10.2. The van der Waals surface area contributed by atoms with Crippen molar-refractivity contribution in [1.29, 1.82) is 0 Å². The topological polar surface area (TPSA) is 51.2 Å². The highest BCUT2D eigenvalue weighted by molar-refractivity contribution is 5.39.